The van der Waals surface area contributed by atoms with Crippen molar-refractivity contribution in [3.63, 3.8) is 0 Å². The molecule has 9 heteroatoms. The Morgan fingerprint density at radius 1 is 1.10 bits per heavy atom. The van der Waals surface area contributed by atoms with Gasteiger partial charge in [0.2, 0.25) is 0 Å². The summed E-state index contributed by atoms with van der Waals surface area (Å²) in [5.74, 6) is 0.411. The average molecular weight is 392 g/mol. The van der Waals surface area contributed by atoms with E-state index in [1.54, 1.807) is 19.4 Å². The molecule has 29 heavy (non-hydrogen) atoms. The van der Waals surface area contributed by atoms with Crippen LogP contribution < -0.4 is 16.0 Å². The van der Waals surface area contributed by atoms with Crippen LogP contribution in [0.25, 0.3) is 17.1 Å². The molecule has 1 amide bonds. The number of nitrogens with zero attached hydrogens (tertiary/aromatic N) is 6. The number of hydrogen-bond donors (Lipinski definition) is 2. The van der Waals surface area contributed by atoms with Crippen LogP contribution in [0, 0.1) is 0 Å². The zero-order valence-electron chi connectivity index (χ0n) is 16.5. The summed E-state index contributed by atoms with van der Waals surface area (Å²) in [4.78, 5) is 25.4. The molecule has 1 fully saturated rings. The molecule has 0 spiro atoms. The quantitative estimate of drug-likeness (QED) is 0.683. The van der Waals surface area contributed by atoms with Crippen molar-refractivity contribution in [3.8, 4) is 17.1 Å². The molecule has 1 aliphatic rings. The summed E-state index contributed by atoms with van der Waals surface area (Å²) in [5.41, 5.74) is 9.26. The Balaban J connectivity index is 1.58. The summed E-state index contributed by atoms with van der Waals surface area (Å²) < 4.78 is 1.47. The van der Waals surface area contributed by atoms with Crippen LogP contribution in [-0.2, 0) is 0 Å². The molecular weight excluding hydrogens is 368 g/mol. The lowest BCUT2D eigenvalue weighted by Crippen LogP contribution is -2.44. The van der Waals surface area contributed by atoms with Crippen LogP contribution in [0.3, 0.4) is 0 Å². The highest BCUT2D eigenvalue weighted by molar-refractivity contribution is 5.93. The van der Waals surface area contributed by atoms with E-state index in [1.165, 1.54) is 16.6 Å². The monoisotopic (exact) mass is 392 g/mol. The molecule has 1 saturated heterocycles. The lowest BCUT2D eigenvalue weighted by molar-refractivity contribution is 0.0963. The zero-order chi connectivity index (χ0) is 20.4. The highest BCUT2D eigenvalue weighted by Crippen LogP contribution is 2.24. The Morgan fingerprint density at radius 2 is 1.83 bits per heavy atom. The van der Waals surface area contributed by atoms with E-state index in [-0.39, 0.29) is 11.7 Å². The second kappa shape index (κ2) is 7.88. The highest BCUT2D eigenvalue weighted by atomic mass is 16.1. The topological polar surface area (TPSA) is 105 Å². The Morgan fingerprint density at radius 3 is 2.52 bits per heavy atom. The van der Waals surface area contributed by atoms with Gasteiger partial charge in [-0.25, -0.2) is 14.6 Å². The van der Waals surface area contributed by atoms with Gasteiger partial charge in [0.05, 0.1) is 23.7 Å². The SMILES string of the molecule is CNC(=O)c1cnn(-c2nc(-c3ccc(N4CCN(C)CC4)cc3)cnc2N)c1. The smallest absolute Gasteiger partial charge is 0.254 e. The first-order chi connectivity index (χ1) is 14.0. The Labute approximate surface area is 169 Å². The fourth-order valence-corrected chi connectivity index (χ4v) is 3.30. The molecule has 0 radical (unpaired) electrons. The van der Waals surface area contributed by atoms with Crippen molar-refractivity contribution in [2.75, 3.05) is 50.9 Å². The number of carbonyl (C=O) groups is 1. The average Bonchev–Trinajstić information content (AvgIpc) is 3.24. The van der Waals surface area contributed by atoms with Crippen molar-refractivity contribution in [3.05, 3.63) is 48.4 Å². The number of nitrogen functional groups attached to an aromatic ring is 1. The van der Waals surface area contributed by atoms with Gasteiger partial charge in [0, 0.05) is 50.7 Å². The van der Waals surface area contributed by atoms with Gasteiger partial charge in [-0.15, -0.1) is 0 Å². The number of anilines is 2. The number of benzene rings is 1. The van der Waals surface area contributed by atoms with Crippen LogP contribution in [0.1, 0.15) is 10.4 Å². The first-order valence-electron chi connectivity index (χ1n) is 9.48. The van der Waals surface area contributed by atoms with Gasteiger partial charge in [-0.1, -0.05) is 12.1 Å². The van der Waals surface area contributed by atoms with Gasteiger partial charge in [-0.05, 0) is 19.2 Å². The maximum atomic E-state index is 11.8. The fraction of sp³-hybridized carbons (Fsp3) is 0.300. The minimum atomic E-state index is -0.224. The minimum Gasteiger partial charge on any atom is -0.381 e. The molecule has 0 aliphatic carbocycles. The van der Waals surface area contributed by atoms with Gasteiger partial charge in [0.15, 0.2) is 11.6 Å². The Kier molecular flexibility index (Phi) is 5.13. The van der Waals surface area contributed by atoms with Crippen molar-refractivity contribution < 1.29 is 4.79 Å². The number of likely N-dealkylation sites (N-methyl/N-ethyl adjacent to an activating group) is 1. The van der Waals surface area contributed by atoms with Gasteiger partial charge >= 0.3 is 0 Å². The molecule has 0 bridgehead atoms. The second-order valence-corrected chi connectivity index (χ2v) is 7.05. The molecule has 0 unspecified atom stereocenters. The van der Waals surface area contributed by atoms with E-state index in [9.17, 15) is 4.79 Å². The summed E-state index contributed by atoms with van der Waals surface area (Å²) in [5, 5.41) is 6.76. The van der Waals surface area contributed by atoms with E-state index in [4.69, 9.17) is 5.73 Å². The van der Waals surface area contributed by atoms with E-state index in [0.717, 1.165) is 31.7 Å². The number of nitrogens with two attached hydrogens (primary N) is 1. The lowest BCUT2D eigenvalue weighted by Gasteiger charge is -2.34. The summed E-state index contributed by atoms with van der Waals surface area (Å²) in [6.07, 6.45) is 4.70. The van der Waals surface area contributed by atoms with Gasteiger partial charge in [-0.2, -0.15) is 5.10 Å². The standard InChI is InChI=1S/C20H24N8O/c1-22-20(29)15-11-24-28(13-15)19-18(21)23-12-17(25-19)14-3-5-16(6-4-14)27-9-7-26(2)8-10-27/h3-6,11-13H,7-10H2,1-2H3,(H2,21,23)(H,22,29). The van der Waals surface area contributed by atoms with Crippen LogP contribution in [0.5, 0.6) is 0 Å². The molecular formula is C20H24N8O. The van der Waals surface area contributed by atoms with Crippen molar-refractivity contribution in [1.82, 2.24) is 30.0 Å². The molecule has 3 heterocycles. The van der Waals surface area contributed by atoms with E-state index in [2.05, 4.69) is 49.4 Å². The molecule has 1 aliphatic heterocycles. The number of nitrogens with one attached hydrogen (secondary N) is 1. The molecule has 0 saturated carbocycles. The van der Waals surface area contributed by atoms with Crippen molar-refractivity contribution >= 4 is 17.4 Å². The van der Waals surface area contributed by atoms with Crippen LogP contribution in [-0.4, -0.2) is 70.8 Å². The normalized spacial score (nSPS) is 14.8. The van der Waals surface area contributed by atoms with Crippen molar-refractivity contribution in [2.24, 2.45) is 0 Å². The largest absolute Gasteiger partial charge is 0.381 e. The third-order valence-corrected chi connectivity index (χ3v) is 5.10. The predicted molar refractivity (Wildman–Crippen MR) is 112 cm³/mol. The minimum absolute atomic E-state index is 0.224. The molecule has 150 valence electrons. The number of amides is 1. The molecule has 2 aromatic heterocycles. The van der Waals surface area contributed by atoms with E-state index in [1.807, 2.05) is 12.1 Å². The first kappa shape index (κ1) is 18.9. The van der Waals surface area contributed by atoms with Crippen LogP contribution >= 0.6 is 0 Å². The Hall–Kier alpha value is -3.46. The maximum absolute atomic E-state index is 11.8. The summed E-state index contributed by atoms with van der Waals surface area (Å²) in [7, 11) is 3.72. The number of piperazine rings is 1. The molecule has 3 N–H and O–H groups in total. The number of hydrogen-bond acceptors (Lipinski definition) is 7. The van der Waals surface area contributed by atoms with Gasteiger partial charge in [0.1, 0.15) is 0 Å². The van der Waals surface area contributed by atoms with E-state index >= 15 is 0 Å². The van der Waals surface area contributed by atoms with E-state index in [0.29, 0.717) is 17.1 Å². The van der Waals surface area contributed by atoms with E-state index < -0.39 is 0 Å². The summed E-state index contributed by atoms with van der Waals surface area (Å²) >= 11 is 0. The van der Waals surface area contributed by atoms with Gasteiger partial charge in [0.25, 0.3) is 5.91 Å². The third-order valence-electron chi connectivity index (χ3n) is 5.10. The molecule has 3 aromatic rings. The van der Waals surface area contributed by atoms with Crippen LogP contribution in [0.2, 0.25) is 0 Å². The van der Waals surface area contributed by atoms with Gasteiger partial charge < -0.3 is 20.9 Å². The fourth-order valence-electron chi connectivity index (χ4n) is 3.30. The van der Waals surface area contributed by atoms with Gasteiger partial charge in [-0.3, -0.25) is 4.79 Å². The third kappa shape index (κ3) is 3.90. The lowest BCUT2D eigenvalue weighted by atomic mass is 10.1. The second-order valence-electron chi connectivity index (χ2n) is 7.05. The number of carbonyl (C=O) groups excluding carboxylic acids is 1. The number of rotatable bonds is 4. The first-order valence-corrected chi connectivity index (χ1v) is 9.48. The molecule has 0 atom stereocenters. The number of aromatic nitrogens is 4. The van der Waals surface area contributed by atoms with Crippen LogP contribution in [0.4, 0.5) is 11.5 Å². The highest BCUT2D eigenvalue weighted by Gasteiger charge is 2.15. The van der Waals surface area contributed by atoms with Crippen LogP contribution in [0.15, 0.2) is 42.9 Å². The predicted octanol–water partition coefficient (Wildman–Crippen LogP) is 1.02. The van der Waals surface area contributed by atoms with Crippen molar-refractivity contribution in [1.29, 1.82) is 0 Å². The Bertz CT molecular complexity index is 1010. The van der Waals surface area contributed by atoms with Crippen molar-refractivity contribution in [2.45, 2.75) is 0 Å². The molecule has 1 aromatic carbocycles. The molecule has 9 nitrogen and oxygen atoms in total. The molecule has 4 rings (SSSR count). The summed E-state index contributed by atoms with van der Waals surface area (Å²) in [6.45, 7) is 4.18. The zero-order valence-corrected chi connectivity index (χ0v) is 16.5. The maximum Gasteiger partial charge on any atom is 0.254 e. The summed E-state index contributed by atoms with van der Waals surface area (Å²) in [6, 6.07) is 8.29.